The maximum absolute atomic E-state index is 12.1. The zero-order valence-corrected chi connectivity index (χ0v) is 15.5. The third kappa shape index (κ3) is 7.85. The molecule has 1 amide bonds. The van der Waals surface area contributed by atoms with Crippen LogP contribution >= 0.6 is 0 Å². The number of hydrogen-bond donors (Lipinski definition) is 1. The second-order valence-corrected chi connectivity index (χ2v) is 7.43. The number of hydrogen-bond acceptors (Lipinski definition) is 6. The molecule has 0 saturated heterocycles. The van der Waals surface area contributed by atoms with Crippen molar-refractivity contribution in [3.8, 4) is 5.75 Å². The first kappa shape index (κ1) is 22.7. The Morgan fingerprint density at radius 1 is 1.11 bits per heavy atom. The van der Waals surface area contributed by atoms with Gasteiger partial charge in [0.05, 0.1) is 18.3 Å². The fraction of sp³-hybridized carbons (Fsp3) is 0.500. The van der Waals surface area contributed by atoms with E-state index in [-0.39, 0.29) is 19.1 Å². The smallest absolute Gasteiger partial charge is 0.494 e. The van der Waals surface area contributed by atoms with E-state index < -0.39 is 33.8 Å². The number of halogens is 3. The molecule has 1 aromatic carbocycles. The number of rotatable bonds is 9. The van der Waals surface area contributed by atoms with E-state index in [4.69, 9.17) is 9.47 Å². The largest absolute Gasteiger partial charge is 0.516 e. The minimum atomic E-state index is -5.67. The first-order chi connectivity index (χ1) is 12.4. The Labute approximate surface area is 154 Å². The topological polar surface area (TPSA) is 98.8 Å². The monoisotopic (exact) mass is 411 g/mol. The second-order valence-electron chi connectivity index (χ2n) is 5.76. The van der Waals surface area contributed by atoms with Crippen molar-refractivity contribution in [2.24, 2.45) is 0 Å². The molecule has 0 aliphatic rings. The van der Waals surface area contributed by atoms with E-state index in [1.807, 2.05) is 0 Å². The maximum atomic E-state index is 12.1. The lowest BCUT2D eigenvalue weighted by molar-refractivity contribution is -0.120. The van der Waals surface area contributed by atoms with Crippen LogP contribution < -0.4 is 9.46 Å². The minimum absolute atomic E-state index is 0.137. The van der Waals surface area contributed by atoms with Crippen molar-refractivity contribution < 1.29 is 40.7 Å². The number of benzene rings is 1. The van der Waals surface area contributed by atoms with E-state index in [9.17, 15) is 31.2 Å². The van der Waals surface area contributed by atoms with E-state index in [2.05, 4.69) is 0 Å². The first-order valence-corrected chi connectivity index (χ1v) is 9.46. The standard InChI is InChI=1S/C16H20F3NO6S/c1-11(2)26-15(22)12-6-8-13(9-7-12)25-10-4-3-5-14(21)20-27(23,24)16(17,18)19/h6-9,11H,3-5,10H2,1-2H3,(H,20,21). The number of amides is 1. The van der Waals surface area contributed by atoms with Crippen LogP contribution in [-0.2, 0) is 19.6 Å². The van der Waals surface area contributed by atoms with Crippen LogP contribution in [0.1, 0.15) is 43.5 Å². The van der Waals surface area contributed by atoms with Crippen LogP contribution in [0.25, 0.3) is 0 Å². The fourth-order valence-corrected chi connectivity index (χ4v) is 2.32. The number of nitrogens with one attached hydrogen (secondary N) is 1. The molecular formula is C16H20F3NO6S. The number of ether oxygens (including phenoxy) is 2. The maximum Gasteiger partial charge on any atom is 0.516 e. The summed E-state index contributed by atoms with van der Waals surface area (Å²) in [6, 6.07) is 6.16. The lowest BCUT2D eigenvalue weighted by atomic mass is 10.2. The van der Waals surface area contributed by atoms with Gasteiger partial charge in [-0.3, -0.25) is 4.79 Å². The molecule has 1 rings (SSSR count). The van der Waals surface area contributed by atoms with Gasteiger partial charge in [-0.25, -0.2) is 9.52 Å². The highest BCUT2D eigenvalue weighted by molar-refractivity contribution is 7.90. The van der Waals surface area contributed by atoms with Crippen LogP contribution in [0, 0.1) is 0 Å². The first-order valence-electron chi connectivity index (χ1n) is 7.98. The van der Waals surface area contributed by atoms with E-state index in [1.165, 1.54) is 12.1 Å². The lowest BCUT2D eigenvalue weighted by Gasteiger charge is -2.10. The highest BCUT2D eigenvalue weighted by atomic mass is 32.2. The molecule has 0 aliphatic carbocycles. The van der Waals surface area contributed by atoms with Gasteiger partial charge >= 0.3 is 21.5 Å². The predicted octanol–water partition coefficient (Wildman–Crippen LogP) is 2.77. The molecular weight excluding hydrogens is 391 g/mol. The van der Waals surface area contributed by atoms with E-state index in [1.54, 1.807) is 26.0 Å². The number of alkyl halides is 3. The number of unbranched alkanes of at least 4 members (excludes halogenated alkanes) is 1. The molecule has 0 radical (unpaired) electrons. The Morgan fingerprint density at radius 2 is 1.70 bits per heavy atom. The van der Waals surface area contributed by atoms with Crippen LogP contribution in [0.5, 0.6) is 5.75 Å². The lowest BCUT2D eigenvalue weighted by Crippen LogP contribution is -2.40. The molecule has 0 bridgehead atoms. The molecule has 152 valence electrons. The summed E-state index contributed by atoms with van der Waals surface area (Å²) in [5.74, 6) is -1.24. The molecule has 7 nitrogen and oxygen atoms in total. The number of esters is 1. The molecule has 0 saturated carbocycles. The normalized spacial score (nSPS) is 11.9. The van der Waals surface area contributed by atoms with Crippen LogP contribution in [-0.4, -0.2) is 38.5 Å². The van der Waals surface area contributed by atoms with Crippen molar-refractivity contribution >= 4 is 21.9 Å². The van der Waals surface area contributed by atoms with Crippen molar-refractivity contribution in [3.63, 3.8) is 0 Å². The zero-order valence-electron chi connectivity index (χ0n) is 14.7. The molecule has 27 heavy (non-hydrogen) atoms. The molecule has 0 fully saturated rings. The van der Waals surface area contributed by atoms with Crippen molar-refractivity contribution in [2.45, 2.75) is 44.7 Å². The molecule has 0 heterocycles. The van der Waals surface area contributed by atoms with E-state index in [0.29, 0.717) is 17.7 Å². The van der Waals surface area contributed by atoms with Gasteiger partial charge < -0.3 is 9.47 Å². The van der Waals surface area contributed by atoms with Crippen LogP contribution in [0.4, 0.5) is 13.2 Å². The SMILES string of the molecule is CC(C)OC(=O)c1ccc(OCCCCC(=O)NS(=O)(=O)C(F)(F)F)cc1. The molecule has 11 heteroatoms. The average Bonchev–Trinajstić information content (AvgIpc) is 2.53. The number of sulfonamides is 1. The molecule has 0 atom stereocenters. The predicted molar refractivity (Wildman–Crippen MR) is 89.5 cm³/mol. The molecule has 0 aliphatic heterocycles. The third-order valence-electron chi connectivity index (χ3n) is 3.05. The number of carbonyl (C=O) groups is 2. The molecule has 0 spiro atoms. The van der Waals surface area contributed by atoms with Crippen molar-refractivity contribution in [1.29, 1.82) is 0 Å². The van der Waals surface area contributed by atoms with Crippen molar-refractivity contribution in [2.75, 3.05) is 6.61 Å². The Bertz CT molecular complexity index is 744. The molecule has 0 unspecified atom stereocenters. The highest BCUT2D eigenvalue weighted by Gasteiger charge is 2.46. The summed E-state index contributed by atoms with van der Waals surface area (Å²) in [4.78, 5) is 22.9. The van der Waals surface area contributed by atoms with Gasteiger partial charge in [0.25, 0.3) is 0 Å². The average molecular weight is 411 g/mol. The van der Waals surface area contributed by atoms with Crippen LogP contribution in [0.15, 0.2) is 24.3 Å². The zero-order chi connectivity index (χ0) is 20.7. The summed E-state index contributed by atoms with van der Waals surface area (Å²) in [6.45, 7) is 3.62. The molecule has 0 aromatic heterocycles. The van der Waals surface area contributed by atoms with Gasteiger partial charge in [-0.1, -0.05) is 0 Å². The molecule has 1 N–H and O–H groups in total. The van der Waals surface area contributed by atoms with E-state index >= 15 is 0 Å². The van der Waals surface area contributed by atoms with Gasteiger partial charge in [0.15, 0.2) is 0 Å². The van der Waals surface area contributed by atoms with Gasteiger partial charge in [-0.2, -0.15) is 21.6 Å². The highest BCUT2D eigenvalue weighted by Crippen LogP contribution is 2.21. The quantitative estimate of drug-likeness (QED) is 0.496. The Morgan fingerprint density at radius 3 is 2.22 bits per heavy atom. The fourth-order valence-electron chi connectivity index (χ4n) is 1.81. The van der Waals surface area contributed by atoms with Crippen LogP contribution in [0.2, 0.25) is 0 Å². The van der Waals surface area contributed by atoms with Gasteiger partial charge in [-0.15, -0.1) is 0 Å². The van der Waals surface area contributed by atoms with Gasteiger partial charge in [-0.05, 0) is 51.0 Å². The summed E-state index contributed by atoms with van der Waals surface area (Å²) in [5, 5.41) is 0. The Balaban J connectivity index is 2.32. The third-order valence-corrected chi connectivity index (χ3v) is 4.16. The van der Waals surface area contributed by atoms with Crippen LogP contribution in [0.3, 0.4) is 0 Å². The van der Waals surface area contributed by atoms with Crippen molar-refractivity contribution in [3.05, 3.63) is 29.8 Å². The van der Waals surface area contributed by atoms with Gasteiger partial charge in [0, 0.05) is 6.42 Å². The Kier molecular flexibility index (Phi) is 8.07. The minimum Gasteiger partial charge on any atom is -0.494 e. The molecule has 1 aromatic rings. The summed E-state index contributed by atoms with van der Waals surface area (Å²) in [5.41, 5.74) is -5.17. The summed E-state index contributed by atoms with van der Waals surface area (Å²) in [7, 11) is -5.67. The summed E-state index contributed by atoms with van der Waals surface area (Å²) in [6.07, 6.45) is -0.176. The second kappa shape index (κ2) is 9.58. The summed E-state index contributed by atoms with van der Waals surface area (Å²) < 4.78 is 69.2. The number of carbonyl (C=O) groups excluding carboxylic acids is 2. The van der Waals surface area contributed by atoms with Gasteiger partial charge in [0.2, 0.25) is 5.91 Å². The van der Waals surface area contributed by atoms with Gasteiger partial charge in [0.1, 0.15) is 5.75 Å². The Hall–Kier alpha value is -2.30. The summed E-state index contributed by atoms with van der Waals surface area (Å²) >= 11 is 0. The van der Waals surface area contributed by atoms with Crippen molar-refractivity contribution in [1.82, 2.24) is 4.72 Å². The van der Waals surface area contributed by atoms with E-state index in [0.717, 1.165) is 4.72 Å².